The summed E-state index contributed by atoms with van der Waals surface area (Å²) in [6.45, 7) is 7.34. The van der Waals surface area contributed by atoms with Gasteiger partial charge in [-0.2, -0.15) is 0 Å². The first-order valence-corrected chi connectivity index (χ1v) is 12.8. The summed E-state index contributed by atoms with van der Waals surface area (Å²) < 4.78 is 0. The Morgan fingerprint density at radius 2 is 1.49 bits per heavy atom. The Balaban J connectivity index is 1.53. The number of rotatable bonds is 11. The normalized spacial score (nSPS) is 14.3. The minimum absolute atomic E-state index is 0.0974. The number of hydrogen-bond acceptors (Lipinski definition) is 5. The van der Waals surface area contributed by atoms with Crippen molar-refractivity contribution < 1.29 is 4.92 Å². The van der Waals surface area contributed by atoms with Gasteiger partial charge in [0.2, 0.25) is 0 Å². The van der Waals surface area contributed by atoms with Crippen LogP contribution in [0.25, 0.3) is 0 Å². The molecule has 184 valence electrons. The fraction of sp³-hybridized carbons (Fsp3) is 0.379. The van der Waals surface area contributed by atoms with Crippen LogP contribution in [0.15, 0.2) is 78.9 Å². The number of nitrogens with zero attached hydrogens (tertiary/aromatic N) is 3. The van der Waals surface area contributed by atoms with Gasteiger partial charge in [0, 0.05) is 37.9 Å². The third-order valence-corrected chi connectivity index (χ3v) is 6.81. The average Bonchev–Trinajstić information content (AvgIpc) is 2.91. The van der Waals surface area contributed by atoms with Crippen LogP contribution in [0.2, 0.25) is 0 Å². The van der Waals surface area contributed by atoms with Gasteiger partial charge in [0.05, 0.1) is 11.0 Å². The van der Waals surface area contributed by atoms with Crippen LogP contribution in [0.5, 0.6) is 0 Å². The van der Waals surface area contributed by atoms with Crippen molar-refractivity contribution in [2.75, 3.05) is 42.9 Å². The summed E-state index contributed by atoms with van der Waals surface area (Å²) in [5.41, 5.74) is 3.81. The molecule has 0 radical (unpaired) electrons. The molecule has 1 aliphatic heterocycles. The van der Waals surface area contributed by atoms with Crippen molar-refractivity contribution >= 4 is 17.1 Å². The first-order valence-electron chi connectivity index (χ1n) is 12.8. The molecule has 0 saturated carbocycles. The third-order valence-electron chi connectivity index (χ3n) is 6.81. The maximum absolute atomic E-state index is 11.9. The number of hydrogen-bond donors (Lipinski definition) is 1. The van der Waals surface area contributed by atoms with Crippen molar-refractivity contribution in [1.29, 1.82) is 0 Å². The van der Waals surface area contributed by atoms with Gasteiger partial charge in [-0.05, 0) is 36.2 Å². The lowest BCUT2D eigenvalue weighted by Gasteiger charge is -2.36. The van der Waals surface area contributed by atoms with E-state index in [1.807, 2.05) is 48.5 Å². The maximum Gasteiger partial charge on any atom is 0.292 e. The second-order valence-electron chi connectivity index (χ2n) is 9.25. The van der Waals surface area contributed by atoms with Gasteiger partial charge in [0.25, 0.3) is 5.69 Å². The van der Waals surface area contributed by atoms with Gasteiger partial charge in [-0.3, -0.25) is 15.0 Å². The van der Waals surface area contributed by atoms with Crippen LogP contribution in [0.3, 0.4) is 0 Å². The summed E-state index contributed by atoms with van der Waals surface area (Å²) in [6.07, 6.45) is 5.14. The highest BCUT2D eigenvalue weighted by atomic mass is 16.6. The number of anilines is 2. The number of nitrogens with one attached hydrogen (secondary N) is 1. The molecular formula is C29H36N4O2. The van der Waals surface area contributed by atoms with Crippen molar-refractivity contribution in [1.82, 2.24) is 4.90 Å². The molecule has 3 aromatic rings. The SMILES string of the molecule is CCCCCCN1CCN(c2ccc([N+](=O)[O-])c(NC(c3ccccc3)c3ccccc3)c2)CC1. The third kappa shape index (κ3) is 6.61. The fourth-order valence-electron chi connectivity index (χ4n) is 4.79. The van der Waals surface area contributed by atoms with Crippen LogP contribution in [-0.2, 0) is 0 Å². The summed E-state index contributed by atoms with van der Waals surface area (Å²) >= 11 is 0. The monoisotopic (exact) mass is 472 g/mol. The van der Waals surface area contributed by atoms with Crippen molar-refractivity contribution in [3.05, 3.63) is 100 Å². The van der Waals surface area contributed by atoms with E-state index < -0.39 is 0 Å². The minimum Gasteiger partial charge on any atom is -0.369 e. The Bertz CT molecular complexity index is 1030. The van der Waals surface area contributed by atoms with E-state index in [1.54, 1.807) is 6.07 Å². The van der Waals surface area contributed by atoms with Gasteiger partial charge in [-0.25, -0.2) is 0 Å². The van der Waals surface area contributed by atoms with E-state index >= 15 is 0 Å². The predicted molar refractivity (Wildman–Crippen MR) is 144 cm³/mol. The lowest BCUT2D eigenvalue weighted by Crippen LogP contribution is -2.46. The molecule has 35 heavy (non-hydrogen) atoms. The van der Waals surface area contributed by atoms with Crippen molar-refractivity contribution in [3.63, 3.8) is 0 Å². The molecular weight excluding hydrogens is 436 g/mol. The number of nitro benzene ring substituents is 1. The minimum atomic E-state index is -0.298. The predicted octanol–water partition coefficient (Wildman–Crippen LogP) is 6.50. The lowest BCUT2D eigenvalue weighted by molar-refractivity contribution is -0.384. The van der Waals surface area contributed by atoms with Gasteiger partial charge in [0.15, 0.2) is 0 Å². The smallest absolute Gasteiger partial charge is 0.292 e. The fourth-order valence-corrected chi connectivity index (χ4v) is 4.79. The van der Waals surface area contributed by atoms with Crippen LogP contribution < -0.4 is 10.2 Å². The largest absolute Gasteiger partial charge is 0.369 e. The molecule has 6 heteroatoms. The molecule has 0 spiro atoms. The number of benzene rings is 3. The molecule has 0 aromatic heterocycles. The van der Waals surface area contributed by atoms with Crippen LogP contribution in [-0.4, -0.2) is 42.5 Å². The van der Waals surface area contributed by atoms with Crippen LogP contribution >= 0.6 is 0 Å². The van der Waals surface area contributed by atoms with E-state index in [1.165, 1.54) is 25.7 Å². The van der Waals surface area contributed by atoms with E-state index in [9.17, 15) is 10.1 Å². The Morgan fingerprint density at radius 3 is 2.06 bits per heavy atom. The van der Waals surface area contributed by atoms with Gasteiger partial charge in [-0.1, -0.05) is 86.8 Å². The second kappa shape index (κ2) is 12.4. The summed E-state index contributed by atoms with van der Waals surface area (Å²) in [4.78, 5) is 16.5. The van der Waals surface area contributed by atoms with E-state index in [0.717, 1.165) is 49.5 Å². The molecule has 1 saturated heterocycles. The number of nitro groups is 1. The van der Waals surface area contributed by atoms with Crippen LogP contribution in [0, 0.1) is 10.1 Å². The zero-order valence-electron chi connectivity index (χ0n) is 20.6. The highest BCUT2D eigenvalue weighted by Crippen LogP contribution is 2.35. The Morgan fingerprint density at radius 1 is 0.857 bits per heavy atom. The Labute approximate surface area is 208 Å². The zero-order chi connectivity index (χ0) is 24.5. The van der Waals surface area contributed by atoms with E-state index in [0.29, 0.717) is 5.69 Å². The molecule has 0 aliphatic carbocycles. The molecule has 0 atom stereocenters. The zero-order valence-corrected chi connectivity index (χ0v) is 20.6. The van der Waals surface area contributed by atoms with Crippen molar-refractivity contribution in [2.45, 2.75) is 38.6 Å². The van der Waals surface area contributed by atoms with E-state index in [4.69, 9.17) is 0 Å². The molecule has 0 bridgehead atoms. The van der Waals surface area contributed by atoms with E-state index in [2.05, 4.69) is 46.3 Å². The summed E-state index contributed by atoms with van der Waals surface area (Å²) in [6, 6.07) is 25.5. The van der Waals surface area contributed by atoms with Crippen molar-refractivity contribution in [3.8, 4) is 0 Å². The molecule has 1 heterocycles. The summed E-state index contributed by atoms with van der Waals surface area (Å²) in [5, 5.41) is 15.4. The molecule has 1 fully saturated rings. The van der Waals surface area contributed by atoms with Gasteiger partial charge in [0.1, 0.15) is 5.69 Å². The summed E-state index contributed by atoms with van der Waals surface area (Å²) in [5.74, 6) is 0. The quantitative estimate of drug-likeness (QED) is 0.196. The second-order valence-corrected chi connectivity index (χ2v) is 9.25. The molecule has 1 aliphatic rings. The van der Waals surface area contributed by atoms with Gasteiger partial charge >= 0.3 is 0 Å². The molecule has 6 nitrogen and oxygen atoms in total. The van der Waals surface area contributed by atoms with Crippen LogP contribution in [0.1, 0.15) is 49.8 Å². The Hall–Kier alpha value is -3.38. The molecule has 3 aromatic carbocycles. The lowest BCUT2D eigenvalue weighted by atomic mass is 9.98. The standard InChI is InChI=1S/C29H36N4O2/c1-2-3-4-11-18-31-19-21-32(22-20-31)26-16-17-28(33(34)35)27(23-26)30-29(24-12-7-5-8-13-24)25-14-9-6-10-15-25/h5-10,12-17,23,29-30H,2-4,11,18-22H2,1H3. The van der Waals surface area contributed by atoms with Crippen molar-refractivity contribution in [2.24, 2.45) is 0 Å². The summed E-state index contributed by atoms with van der Waals surface area (Å²) in [7, 11) is 0. The topological polar surface area (TPSA) is 61.7 Å². The van der Waals surface area contributed by atoms with E-state index in [-0.39, 0.29) is 16.7 Å². The molecule has 0 unspecified atom stereocenters. The average molecular weight is 473 g/mol. The first kappa shape index (κ1) is 24.7. The van der Waals surface area contributed by atoms with Gasteiger partial charge in [-0.15, -0.1) is 0 Å². The number of unbranched alkanes of at least 4 members (excludes halogenated alkanes) is 3. The highest BCUT2D eigenvalue weighted by molar-refractivity contribution is 5.70. The van der Waals surface area contributed by atoms with Gasteiger partial charge < -0.3 is 10.2 Å². The molecule has 0 amide bonds. The highest BCUT2D eigenvalue weighted by Gasteiger charge is 2.23. The number of piperazine rings is 1. The molecule has 4 rings (SSSR count). The molecule has 1 N–H and O–H groups in total. The Kier molecular flexibility index (Phi) is 8.74. The first-order chi connectivity index (χ1) is 17.2. The van der Waals surface area contributed by atoms with Crippen LogP contribution in [0.4, 0.5) is 17.1 Å². The maximum atomic E-state index is 11.9.